The number of rotatable bonds is 0. The molecular formula is C14H18. The van der Waals surface area contributed by atoms with Crippen molar-refractivity contribution >= 4 is 0 Å². The van der Waals surface area contributed by atoms with Crippen LogP contribution in [0.4, 0.5) is 0 Å². The molecule has 3 rings (SSSR count). The molecule has 0 heteroatoms. The van der Waals surface area contributed by atoms with E-state index < -0.39 is 0 Å². The lowest BCUT2D eigenvalue weighted by Crippen LogP contribution is -2.21. The summed E-state index contributed by atoms with van der Waals surface area (Å²) in [5.41, 5.74) is 3.37. The first-order chi connectivity index (χ1) is 6.93. The van der Waals surface area contributed by atoms with E-state index in [0.29, 0.717) is 0 Å². The summed E-state index contributed by atoms with van der Waals surface area (Å²) in [5, 5.41) is 0. The lowest BCUT2D eigenvalue weighted by molar-refractivity contribution is 0.363. The SMILES string of the molecule is C1=CC[C@H]2C[C@H]3CCCCC3=CC2=C1. The summed E-state index contributed by atoms with van der Waals surface area (Å²) in [7, 11) is 0. The van der Waals surface area contributed by atoms with Gasteiger partial charge in [0.15, 0.2) is 0 Å². The zero-order valence-corrected chi connectivity index (χ0v) is 8.71. The van der Waals surface area contributed by atoms with Crippen LogP contribution >= 0.6 is 0 Å². The van der Waals surface area contributed by atoms with Gasteiger partial charge in [-0.1, -0.05) is 36.3 Å². The van der Waals surface area contributed by atoms with Crippen LogP contribution in [0.2, 0.25) is 0 Å². The van der Waals surface area contributed by atoms with E-state index in [1.54, 1.807) is 11.1 Å². The van der Waals surface area contributed by atoms with Crippen molar-refractivity contribution in [3.05, 3.63) is 35.5 Å². The monoisotopic (exact) mass is 186 g/mol. The van der Waals surface area contributed by atoms with Crippen LogP contribution in [0.1, 0.15) is 38.5 Å². The molecule has 0 heterocycles. The molecule has 0 aliphatic heterocycles. The van der Waals surface area contributed by atoms with E-state index in [2.05, 4.69) is 24.3 Å². The van der Waals surface area contributed by atoms with Crippen molar-refractivity contribution in [3.63, 3.8) is 0 Å². The van der Waals surface area contributed by atoms with Crippen molar-refractivity contribution in [1.29, 1.82) is 0 Å². The van der Waals surface area contributed by atoms with Crippen LogP contribution in [0.15, 0.2) is 35.5 Å². The Morgan fingerprint density at radius 1 is 1.14 bits per heavy atom. The molecule has 0 aromatic rings. The minimum Gasteiger partial charge on any atom is -0.0839 e. The largest absolute Gasteiger partial charge is 0.0839 e. The smallest absolute Gasteiger partial charge is 0.0122 e. The second kappa shape index (κ2) is 3.42. The molecule has 2 atom stereocenters. The molecule has 0 bridgehead atoms. The third kappa shape index (κ3) is 1.37. The molecule has 0 nitrogen and oxygen atoms in total. The van der Waals surface area contributed by atoms with Gasteiger partial charge in [0.1, 0.15) is 0 Å². The molecule has 0 aromatic heterocycles. The van der Waals surface area contributed by atoms with Crippen molar-refractivity contribution < 1.29 is 0 Å². The van der Waals surface area contributed by atoms with Crippen LogP contribution in [0, 0.1) is 11.8 Å². The van der Waals surface area contributed by atoms with Gasteiger partial charge in [0.2, 0.25) is 0 Å². The average molecular weight is 186 g/mol. The Balaban J connectivity index is 1.92. The molecular weight excluding hydrogens is 168 g/mol. The number of hydrogen-bond acceptors (Lipinski definition) is 0. The molecule has 0 saturated heterocycles. The maximum atomic E-state index is 2.52. The van der Waals surface area contributed by atoms with Gasteiger partial charge in [0.05, 0.1) is 0 Å². The molecule has 1 saturated carbocycles. The molecule has 3 aliphatic carbocycles. The first kappa shape index (κ1) is 8.52. The zero-order valence-electron chi connectivity index (χ0n) is 8.71. The molecule has 0 aromatic carbocycles. The lowest BCUT2D eigenvalue weighted by atomic mass is 9.70. The predicted octanol–water partition coefficient (Wildman–Crippen LogP) is 4.01. The van der Waals surface area contributed by atoms with Gasteiger partial charge >= 0.3 is 0 Å². The highest BCUT2D eigenvalue weighted by molar-refractivity contribution is 5.37. The Morgan fingerprint density at radius 2 is 2.14 bits per heavy atom. The molecule has 3 aliphatic rings. The van der Waals surface area contributed by atoms with Crippen molar-refractivity contribution in [3.8, 4) is 0 Å². The quantitative estimate of drug-likeness (QED) is 0.536. The number of hydrogen-bond donors (Lipinski definition) is 0. The van der Waals surface area contributed by atoms with E-state index in [-0.39, 0.29) is 0 Å². The van der Waals surface area contributed by atoms with Gasteiger partial charge < -0.3 is 0 Å². The van der Waals surface area contributed by atoms with Gasteiger partial charge in [0.25, 0.3) is 0 Å². The highest BCUT2D eigenvalue weighted by Crippen LogP contribution is 2.42. The zero-order chi connectivity index (χ0) is 9.38. The van der Waals surface area contributed by atoms with Gasteiger partial charge in [0, 0.05) is 0 Å². The average Bonchev–Trinajstić information content (AvgIpc) is 2.26. The van der Waals surface area contributed by atoms with E-state index in [0.717, 1.165) is 11.8 Å². The van der Waals surface area contributed by atoms with E-state index in [9.17, 15) is 0 Å². The molecule has 1 fully saturated rings. The summed E-state index contributed by atoms with van der Waals surface area (Å²) in [6, 6.07) is 0. The maximum Gasteiger partial charge on any atom is -0.0122 e. The highest BCUT2D eigenvalue weighted by Gasteiger charge is 2.28. The second-order valence-corrected chi connectivity index (χ2v) is 4.93. The van der Waals surface area contributed by atoms with Gasteiger partial charge in [-0.15, -0.1) is 0 Å². The molecule has 74 valence electrons. The summed E-state index contributed by atoms with van der Waals surface area (Å²) in [4.78, 5) is 0. The fourth-order valence-electron chi connectivity index (χ4n) is 3.22. The Bertz CT molecular complexity index is 317. The van der Waals surface area contributed by atoms with Crippen LogP contribution in [0.3, 0.4) is 0 Å². The normalized spacial score (nSPS) is 35.4. The summed E-state index contributed by atoms with van der Waals surface area (Å²) < 4.78 is 0. The molecule has 0 N–H and O–H groups in total. The Hall–Kier alpha value is -0.780. The summed E-state index contributed by atoms with van der Waals surface area (Å²) in [6.45, 7) is 0. The molecule has 0 amide bonds. The minimum atomic E-state index is 0.854. The lowest BCUT2D eigenvalue weighted by Gasteiger charge is -2.35. The Kier molecular flexibility index (Phi) is 2.08. The van der Waals surface area contributed by atoms with E-state index in [1.165, 1.54) is 38.5 Å². The van der Waals surface area contributed by atoms with E-state index in [4.69, 9.17) is 0 Å². The first-order valence-electron chi connectivity index (χ1n) is 6.00. The summed E-state index contributed by atoms with van der Waals surface area (Å²) in [5.74, 6) is 1.80. The van der Waals surface area contributed by atoms with Crippen molar-refractivity contribution in [2.75, 3.05) is 0 Å². The fourth-order valence-corrected chi connectivity index (χ4v) is 3.22. The van der Waals surface area contributed by atoms with Gasteiger partial charge in [-0.2, -0.15) is 0 Å². The standard InChI is InChI=1S/C14H18/c1-2-6-12-10-14-8-4-3-7-13(14)9-11(12)5-1/h1-2,5,9,12,14H,3-4,6-8,10H2/t12-,14+/m0/s1. The van der Waals surface area contributed by atoms with Crippen LogP contribution in [0.5, 0.6) is 0 Å². The fraction of sp³-hybridized carbons (Fsp3) is 0.571. The van der Waals surface area contributed by atoms with Gasteiger partial charge in [-0.05, 0) is 49.5 Å². The van der Waals surface area contributed by atoms with Crippen LogP contribution in [-0.4, -0.2) is 0 Å². The molecule has 0 unspecified atom stereocenters. The van der Waals surface area contributed by atoms with Crippen LogP contribution < -0.4 is 0 Å². The van der Waals surface area contributed by atoms with E-state index in [1.807, 2.05) is 0 Å². The Morgan fingerprint density at radius 3 is 3.14 bits per heavy atom. The maximum absolute atomic E-state index is 2.52. The predicted molar refractivity (Wildman–Crippen MR) is 60.0 cm³/mol. The number of allylic oxidation sites excluding steroid dienone is 6. The minimum absolute atomic E-state index is 0.854. The van der Waals surface area contributed by atoms with E-state index >= 15 is 0 Å². The molecule has 0 radical (unpaired) electrons. The number of fused-ring (bicyclic) bond motifs is 2. The highest BCUT2D eigenvalue weighted by atomic mass is 14.3. The van der Waals surface area contributed by atoms with Crippen molar-refractivity contribution in [2.45, 2.75) is 38.5 Å². The molecule has 14 heavy (non-hydrogen) atoms. The van der Waals surface area contributed by atoms with Crippen LogP contribution in [0.25, 0.3) is 0 Å². The molecule has 0 spiro atoms. The summed E-state index contributed by atoms with van der Waals surface area (Å²) >= 11 is 0. The first-order valence-corrected chi connectivity index (χ1v) is 6.00. The van der Waals surface area contributed by atoms with Crippen LogP contribution in [-0.2, 0) is 0 Å². The van der Waals surface area contributed by atoms with Gasteiger partial charge in [-0.3, -0.25) is 0 Å². The third-order valence-electron chi connectivity index (χ3n) is 4.03. The van der Waals surface area contributed by atoms with Gasteiger partial charge in [-0.25, -0.2) is 0 Å². The van der Waals surface area contributed by atoms with Crippen molar-refractivity contribution in [2.24, 2.45) is 11.8 Å². The Labute approximate surface area is 86.4 Å². The van der Waals surface area contributed by atoms with Crippen molar-refractivity contribution in [1.82, 2.24) is 0 Å². The second-order valence-electron chi connectivity index (χ2n) is 4.93. The summed E-state index contributed by atoms with van der Waals surface area (Å²) in [6.07, 6.45) is 17.8. The third-order valence-corrected chi connectivity index (χ3v) is 4.03. The topological polar surface area (TPSA) is 0 Å².